The Hall–Kier alpha value is -0.0775. The molecule has 0 spiro atoms. The molecule has 0 aromatic heterocycles. The molecule has 0 aromatic carbocycles. The summed E-state index contributed by atoms with van der Waals surface area (Å²) in [7, 11) is 0. The summed E-state index contributed by atoms with van der Waals surface area (Å²) in [6.07, 6.45) is 2.69. The van der Waals surface area contributed by atoms with E-state index in [4.69, 9.17) is 0 Å². The van der Waals surface area contributed by atoms with E-state index in [0.717, 1.165) is 19.3 Å². The molecule has 19 heavy (non-hydrogen) atoms. The maximum Gasteiger partial charge on any atom is 3.00 e. The second kappa shape index (κ2) is 20.2. The van der Waals surface area contributed by atoms with Crippen LogP contribution in [0.5, 0.6) is 0 Å². The fourth-order valence-electron chi connectivity index (χ4n) is 0.939. The molecule has 1 atom stereocenters. The quantitative estimate of drug-likeness (QED) is 0.670. The van der Waals surface area contributed by atoms with Crippen molar-refractivity contribution in [1.29, 1.82) is 0 Å². The van der Waals surface area contributed by atoms with Gasteiger partial charge in [-0.1, -0.05) is 54.4 Å². The van der Waals surface area contributed by atoms with Gasteiger partial charge < -0.3 is 20.1 Å². The minimum Gasteiger partial charge on any atom is -0.852 e. The first-order valence-electron chi connectivity index (χ1n) is 6.71. The zero-order chi connectivity index (χ0) is 15.1. The van der Waals surface area contributed by atoms with Crippen LogP contribution in [-0.4, -0.2) is 35.5 Å². The van der Waals surface area contributed by atoms with Crippen LogP contribution in [-0.2, 0) is 4.79 Å². The maximum absolute atomic E-state index is 10.3. The Morgan fingerprint density at radius 3 is 1.47 bits per heavy atom. The average molecular weight is 288 g/mol. The van der Waals surface area contributed by atoms with Crippen LogP contribution < -0.4 is 15.3 Å². The number of aliphatic carboxylic acids is 1. The van der Waals surface area contributed by atoms with Crippen LogP contribution in [0.15, 0.2) is 0 Å². The van der Waals surface area contributed by atoms with Crippen molar-refractivity contribution >= 4 is 23.3 Å². The second-order valence-electron chi connectivity index (χ2n) is 4.66. The van der Waals surface area contributed by atoms with E-state index in [1.807, 2.05) is 6.92 Å². The Kier molecular flexibility index (Phi) is 29.1. The third-order valence-corrected chi connectivity index (χ3v) is 1.73. The van der Waals surface area contributed by atoms with Gasteiger partial charge in [0, 0.05) is 5.97 Å². The van der Waals surface area contributed by atoms with Crippen molar-refractivity contribution in [3.8, 4) is 0 Å². The number of hydrogen-bond acceptors (Lipinski definition) is 4. The van der Waals surface area contributed by atoms with Gasteiger partial charge in [0.25, 0.3) is 0 Å². The first-order valence-corrected chi connectivity index (χ1v) is 6.71. The molecule has 0 aliphatic carbocycles. The minimum atomic E-state index is -0.893. The van der Waals surface area contributed by atoms with Crippen LogP contribution in [0.4, 0.5) is 0 Å². The van der Waals surface area contributed by atoms with Crippen molar-refractivity contribution in [2.24, 2.45) is 5.92 Å². The van der Waals surface area contributed by atoms with Gasteiger partial charge >= 0.3 is 17.4 Å². The van der Waals surface area contributed by atoms with Gasteiger partial charge in [-0.15, -0.1) is 12.2 Å². The molecule has 1 unspecified atom stereocenters. The van der Waals surface area contributed by atoms with Crippen molar-refractivity contribution < 1.29 is 20.1 Å². The summed E-state index contributed by atoms with van der Waals surface area (Å²) in [4.78, 5) is 10.3. The fraction of sp³-hybridized carbons (Fsp3) is 0.929. The van der Waals surface area contributed by atoms with E-state index in [0.29, 0.717) is 6.42 Å². The Bertz CT molecular complexity index is 161. The molecule has 0 fully saturated rings. The van der Waals surface area contributed by atoms with Crippen LogP contribution in [0, 0.1) is 5.92 Å². The molecular formula is C14H29AlO4. The number of unbranched alkanes of at least 4 members (excludes halogenated alkanes) is 1. The molecule has 0 saturated heterocycles. The molecule has 0 rings (SSSR count). The van der Waals surface area contributed by atoms with Crippen molar-refractivity contribution in [3.63, 3.8) is 0 Å². The summed E-state index contributed by atoms with van der Waals surface area (Å²) in [6, 6.07) is 0. The summed E-state index contributed by atoms with van der Waals surface area (Å²) < 4.78 is 0. The van der Waals surface area contributed by atoms with Crippen LogP contribution >= 0.6 is 0 Å². The van der Waals surface area contributed by atoms with Crippen LogP contribution in [0.2, 0.25) is 0 Å². The molecule has 0 amide bonds. The zero-order valence-corrected chi connectivity index (χ0v) is 14.4. The van der Waals surface area contributed by atoms with Gasteiger partial charge in [-0.3, -0.25) is 0 Å². The number of hydrogen-bond donors (Lipinski definition) is 0. The van der Waals surface area contributed by atoms with Gasteiger partial charge in [0.2, 0.25) is 0 Å². The van der Waals surface area contributed by atoms with Crippen molar-refractivity contribution in [3.05, 3.63) is 0 Å². The molecule has 0 heterocycles. The molecular weight excluding hydrogens is 259 g/mol. The normalized spacial score (nSPS) is 10.6. The Labute approximate surface area is 129 Å². The van der Waals surface area contributed by atoms with Crippen LogP contribution in [0.1, 0.15) is 67.2 Å². The maximum atomic E-state index is 10.3. The molecule has 4 nitrogen and oxygen atoms in total. The van der Waals surface area contributed by atoms with Crippen molar-refractivity contribution in [2.75, 3.05) is 0 Å². The van der Waals surface area contributed by atoms with E-state index in [2.05, 4.69) is 6.92 Å². The van der Waals surface area contributed by atoms with E-state index in [-0.39, 0.29) is 23.3 Å². The van der Waals surface area contributed by atoms with Gasteiger partial charge in [0.05, 0.1) is 0 Å². The summed E-state index contributed by atoms with van der Waals surface area (Å²) in [5.41, 5.74) is 0. The van der Waals surface area contributed by atoms with E-state index >= 15 is 0 Å². The summed E-state index contributed by atoms with van der Waals surface area (Å²) in [5, 5.41) is 29.4. The topological polar surface area (TPSA) is 86.2 Å². The third-order valence-electron chi connectivity index (χ3n) is 1.73. The molecule has 112 valence electrons. The standard InChI is InChI=1S/C8H16O2.2C3H7O.Al/c1-3-5-6-7(4-2)8(9)10;2*1-3(2)4;/h7H,3-6H2,1-2H3,(H,9,10);2*3H,1-2H3;/q;2*-1;+3/p-1. The number of rotatable bonds is 5. The largest absolute Gasteiger partial charge is 3.00 e. The number of carbonyl (C=O) groups excluding carboxylic acids is 1. The zero-order valence-electron chi connectivity index (χ0n) is 13.3. The smallest absolute Gasteiger partial charge is 0.852 e. The molecule has 0 aromatic rings. The van der Waals surface area contributed by atoms with Gasteiger partial charge in [-0.05, 0) is 18.8 Å². The Balaban J connectivity index is -0.000000105. The monoisotopic (exact) mass is 288 g/mol. The molecule has 5 heteroatoms. The second-order valence-corrected chi connectivity index (χ2v) is 4.66. The molecule has 0 aliphatic rings. The first-order chi connectivity index (χ1) is 8.18. The molecule has 0 aliphatic heterocycles. The van der Waals surface area contributed by atoms with Crippen molar-refractivity contribution in [1.82, 2.24) is 0 Å². The van der Waals surface area contributed by atoms with Gasteiger partial charge in [-0.2, -0.15) is 0 Å². The van der Waals surface area contributed by atoms with E-state index < -0.39 is 18.2 Å². The number of carboxylic acids is 1. The number of carbonyl (C=O) groups is 1. The van der Waals surface area contributed by atoms with Gasteiger partial charge in [0.15, 0.2) is 0 Å². The Morgan fingerprint density at radius 1 is 1.00 bits per heavy atom. The molecule has 0 N–H and O–H groups in total. The number of carboxylic acid groups (broad SMARTS) is 1. The summed E-state index contributed by atoms with van der Waals surface area (Å²) >= 11 is 0. The summed E-state index contributed by atoms with van der Waals surface area (Å²) in [5.74, 6) is -1.11. The van der Waals surface area contributed by atoms with Crippen molar-refractivity contribution in [2.45, 2.75) is 79.4 Å². The molecule has 0 bridgehead atoms. The fourth-order valence-corrected chi connectivity index (χ4v) is 0.939. The predicted molar refractivity (Wildman–Crippen MR) is 74.3 cm³/mol. The first kappa shape index (κ1) is 27.3. The summed E-state index contributed by atoms with van der Waals surface area (Å²) in [6.45, 7) is 10.4. The SMILES string of the molecule is CC(C)[O-].CC(C)[O-].CCCCC(CC)C(=O)[O-].[Al+3]. The third kappa shape index (κ3) is 46.2. The molecule has 0 saturated carbocycles. The van der Waals surface area contributed by atoms with E-state index in [9.17, 15) is 20.1 Å². The average Bonchev–Trinajstić information content (AvgIpc) is 2.16. The Morgan fingerprint density at radius 2 is 1.32 bits per heavy atom. The predicted octanol–water partition coefficient (Wildman–Crippen LogP) is 0.0821. The van der Waals surface area contributed by atoms with E-state index in [1.165, 1.54) is 0 Å². The van der Waals surface area contributed by atoms with Gasteiger partial charge in [0.1, 0.15) is 0 Å². The van der Waals surface area contributed by atoms with Gasteiger partial charge in [-0.25, -0.2) is 0 Å². The molecule has 0 radical (unpaired) electrons. The van der Waals surface area contributed by atoms with Crippen LogP contribution in [0.25, 0.3) is 0 Å². The van der Waals surface area contributed by atoms with Crippen LogP contribution in [0.3, 0.4) is 0 Å². The minimum absolute atomic E-state index is 0. The van der Waals surface area contributed by atoms with E-state index in [1.54, 1.807) is 27.7 Å².